The van der Waals surface area contributed by atoms with Crippen molar-refractivity contribution in [2.75, 3.05) is 19.5 Å². The molecule has 0 atom stereocenters. The van der Waals surface area contributed by atoms with Crippen LogP contribution in [0, 0.1) is 6.92 Å². The SMILES string of the molecule is COc1cc(NC(=O)C2(N)CC2)c(OC)cc1C. The predicted octanol–water partition coefficient (Wildman–Crippen LogP) is 1.44. The number of anilines is 1. The monoisotopic (exact) mass is 250 g/mol. The molecule has 0 aliphatic heterocycles. The van der Waals surface area contributed by atoms with Crippen LogP contribution in [-0.4, -0.2) is 25.7 Å². The van der Waals surface area contributed by atoms with Crippen LogP contribution in [0.2, 0.25) is 0 Å². The molecule has 1 aliphatic carbocycles. The largest absolute Gasteiger partial charge is 0.496 e. The molecule has 5 nitrogen and oxygen atoms in total. The molecule has 1 aromatic rings. The Hall–Kier alpha value is -1.75. The Morgan fingerprint density at radius 2 is 1.89 bits per heavy atom. The molecule has 1 saturated carbocycles. The normalized spacial score (nSPS) is 16.0. The van der Waals surface area contributed by atoms with Crippen LogP contribution in [0.25, 0.3) is 0 Å². The van der Waals surface area contributed by atoms with Crippen molar-refractivity contribution in [3.05, 3.63) is 17.7 Å². The lowest BCUT2D eigenvalue weighted by molar-refractivity contribution is -0.118. The molecule has 0 heterocycles. The van der Waals surface area contributed by atoms with Crippen molar-refractivity contribution in [1.29, 1.82) is 0 Å². The van der Waals surface area contributed by atoms with E-state index in [1.807, 2.05) is 13.0 Å². The average Bonchev–Trinajstić information content (AvgIpc) is 3.10. The second kappa shape index (κ2) is 4.49. The average molecular weight is 250 g/mol. The summed E-state index contributed by atoms with van der Waals surface area (Å²) in [6.45, 7) is 1.91. The van der Waals surface area contributed by atoms with Crippen molar-refractivity contribution in [2.24, 2.45) is 5.73 Å². The first-order valence-corrected chi connectivity index (χ1v) is 5.83. The summed E-state index contributed by atoms with van der Waals surface area (Å²) in [5.74, 6) is 1.13. The number of amides is 1. The standard InChI is InChI=1S/C13H18N2O3/c1-8-6-11(18-3)9(7-10(8)17-2)15-12(16)13(14)4-5-13/h6-7H,4-5,14H2,1-3H3,(H,15,16). The number of benzene rings is 1. The van der Waals surface area contributed by atoms with Crippen molar-refractivity contribution in [3.8, 4) is 11.5 Å². The van der Waals surface area contributed by atoms with Crippen LogP contribution in [0.4, 0.5) is 5.69 Å². The van der Waals surface area contributed by atoms with Gasteiger partial charge in [0, 0.05) is 6.07 Å². The zero-order valence-corrected chi connectivity index (χ0v) is 10.9. The van der Waals surface area contributed by atoms with Crippen LogP contribution < -0.4 is 20.5 Å². The number of methoxy groups -OCH3 is 2. The van der Waals surface area contributed by atoms with Crippen LogP contribution in [0.15, 0.2) is 12.1 Å². The molecule has 1 aliphatic rings. The quantitative estimate of drug-likeness (QED) is 0.848. The van der Waals surface area contributed by atoms with E-state index >= 15 is 0 Å². The molecule has 0 unspecified atom stereocenters. The van der Waals surface area contributed by atoms with Gasteiger partial charge in [-0.2, -0.15) is 0 Å². The van der Waals surface area contributed by atoms with Gasteiger partial charge in [-0.25, -0.2) is 0 Å². The molecule has 3 N–H and O–H groups in total. The van der Waals surface area contributed by atoms with Gasteiger partial charge in [0.05, 0.1) is 25.4 Å². The summed E-state index contributed by atoms with van der Waals surface area (Å²) < 4.78 is 10.5. The minimum Gasteiger partial charge on any atom is -0.496 e. The number of rotatable bonds is 4. The van der Waals surface area contributed by atoms with Gasteiger partial charge in [-0.15, -0.1) is 0 Å². The second-order valence-corrected chi connectivity index (χ2v) is 4.63. The smallest absolute Gasteiger partial charge is 0.244 e. The number of aryl methyl sites for hydroxylation is 1. The fourth-order valence-corrected chi connectivity index (χ4v) is 1.76. The molecule has 98 valence electrons. The summed E-state index contributed by atoms with van der Waals surface area (Å²) in [5, 5.41) is 2.80. The highest BCUT2D eigenvalue weighted by Gasteiger charge is 2.46. The Balaban J connectivity index is 2.28. The maximum Gasteiger partial charge on any atom is 0.244 e. The lowest BCUT2D eigenvalue weighted by Crippen LogP contribution is -2.37. The first kappa shape index (κ1) is 12.7. The third kappa shape index (κ3) is 2.26. The Morgan fingerprint density at radius 1 is 1.28 bits per heavy atom. The van der Waals surface area contributed by atoms with Crippen LogP contribution in [0.3, 0.4) is 0 Å². The van der Waals surface area contributed by atoms with Crippen molar-refractivity contribution in [1.82, 2.24) is 0 Å². The number of ether oxygens (including phenoxy) is 2. The van der Waals surface area contributed by atoms with Crippen molar-refractivity contribution >= 4 is 11.6 Å². The number of carbonyl (C=O) groups excluding carboxylic acids is 1. The summed E-state index contributed by atoms with van der Waals surface area (Å²) in [4.78, 5) is 11.9. The molecule has 1 fully saturated rings. The molecular weight excluding hydrogens is 232 g/mol. The van der Waals surface area contributed by atoms with Gasteiger partial charge < -0.3 is 20.5 Å². The molecule has 0 radical (unpaired) electrons. The molecule has 0 spiro atoms. The third-order valence-electron chi connectivity index (χ3n) is 3.21. The van der Waals surface area contributed by atoms with E-state index in [9.17, 15) is 4.79 Å². The van der Waals surface area contributed by atoms with Gasteiger partial charge in [-0.05, 0) is 31.4 Å². The summed E-state index contributed by atoms with van der Waals surface area (Å²) in [7, 11) is 3.15. The number of carbonyl (C=O) groups is 1. The highest BCUT2D eigenvalue weighted by molar-refractivity contribution is 6.01. The topological polar surface area (TPSA) is 73.6 Å². The zero-order valence-electron chi connectivity index (χ0n) is 10.9. The molecule has 1 aromatic carbocycles. The maximum absolute atomic E-state index is 11.9. The van der Waals surface area contributed by atoms with E-state index < -0.39 is 5.54 Å². The summed E-state index contributed by atoms with van der Waals surface area (Å²) in [6, 6.07) is 3.57. The summed E-state index contributed by atoms with van der Waals surface area (Å²) in [5.41, 5.74) is 6.67. The van der Waals surface area contributed by atoms with Crippen molar-refractivity contribution < 1.29 is 14.3 Å². The number of nitrogens with one attached hydrogen (secondary N) is 1. The number of hydrogen-bond donors (Lipinski definition) is 2. The van der Waals surface area contributed by atoms with Crippen LogP contribution in [0.1, 0.15) is 18.4 Å². The van der Waals surface area contributed by atoms with Crippen molar-refractivity contribution in [2.45, 2.75) is 25.3 Å². The molecule has 2 rings (SSSR count). The summed E-state index contributed by atoms with van der Waals surface area (Å²) in [6.07, 6.45) is 1.45. The highest BCUT2D eigenvalue weighted by Crippen LogP contribution is 2.36. The maximum atomic E-state index is 11.9. The fourth-order valence-electron chi connectivity index (χ4n) is 1.76. The van der Waals surface area contributed by atoms with Gasteiger partial charge in [-0.3, -0.25) is 4.79 Å². The summed E-state index contributed by atoms with van der Waals surface area (Å²) >= 11 is 0. The van der Waals surface area contributed by atoms with Crippen molar-refractivity contribution in [3.63, 3.8) is 0 Å². The molecular formula is C13H18N2O3. The van der Waals surface area contributed by atoms with Crippen LogP contribution in [0.5, 0.6) is 11.5 Å². The Bertz CT molecular complexity index is 481. The van der Waals surface area contributed by atoms with E-state index in [2.05, 4.69) is 5.32 Å². The van der Waals surface area contributed by atoms with E-state index in [1.54, 1.807) is 20.3 Å². The fraction of sp³-hybridized carbons (Fsp3) is 0.462. The van der Waals surface area contributed by atoms with Gasteiger partial charge in [0.2, 0.25) is 5.91 Å². The minimum atomic E-state index is -0.705. The van der Waals surface area contributed by atoms with Crippen LogP contribution in [-0.2, 0) is 4.79 Å². The first-order valence-electron chi connectivity index (χ1n) is 5.83. The van der Waals surface area contributed by atoms with E-state index in [-0.39, 0.29) is 5.91 Å². The van der Waals surface area contributed by atoms with Gasteiger partial charge >= 0.3 is 0 Å². The van der Waals surface area contributed by atoms with Gasteiger partial charge in [0.1, 0.15) is 11.5 Å². The first-order chi connectivity index (χ1) is 8.50. The van der Waals surface area contributed by atoms with E-state index in [1.165, 1.54) is 0 Å². The Labute approximate surface area is 106 Å². The Kier molecular flexibility index (Phi) is 3.17. The second-order valence-electron chi connectivity index (χ2n) is 4.63. The molecule has 1 amide bonds. The third-order valence-corrected chi connectivity index (χ3v) is 3.21. The van der Waals surface area contributed by atoms with Gasteiger partial charge in [-0.1, -0.05) is 0 Å². The van der Waals surface area contributed by atoms with Gasteiger partial charge in [0.15, 0.2) is 0 Å². The zero-order chi connectivity index (χ0) is 13.3. The van der Waals surface area contributed by atoms with Crippen LogP contribution >= 0.6 is 0 Å². The van der Waals surface area contributed by atoms with E-state index in [0.29, 0.717) is 17.2 Å². The number of hydrogen-bond acceptors (Lipinski definition) is 4. The van der Waals surface area contributed by atoms with E-state index in [4.69, 9.17) is 15.2 Å². The molecule has 0 saturated heterocycles. The number of nitrogens with two attached hydrogens (primary N) is 1. The lowest BCUT2D eigenvalue weighted by Gasteiger charge is -2.15. The minimum absolute atomic E-state index is 0.174. The predicted molar refractivity (Wildman–Crippen MR) is 69.1 cm³/mol. The van der Waals surface area contributed by atoms with E-state index in [0.717, 1.165) is 18.4 Å². The molecule has 0 bridgehead atoms. The molecule has 5 heteroatoms. The Morgan fingerprint density at radius 3 is 2.39 bits per heavy atom. The van der Waals surface area contributed by atoms with Gasteiger partial charge in [0.25, 0.3) is 0 Å². The molecule has 18 heavy (non-hydrogen) atoms. The lowest BCUT2D eigenvalue weighted by atomic mass is 10.1. The molecule has 0 aromatic heterocycles. The highest BCUT2D eigenvalue weighted by atomic mass is 16.5.